The van der Waals surface area contributed by atoms with Crippen molar-refractivity contribution in [1.29, 1.82) is 0 Å². The molecule has 2 heterocycles. The van der Waals surface area contributed by atoms with E-state index < -0.39 is 0 Å². The molecule has 14 heavy (non-hydrogen) atoms. The van der Waals surface area contributed by atoms with Crippen LogP contribution in [0.3, 0.4) is 0 Å². The van der Waals surface area contributed by atoms with Crippen LogP contribution in [0, 0.1) is 0 Å². The van der Waals surface area contributed by atoms with E-state index in [4.69, 9.17) is 9.47 Å². The number of hydrogen-bond acceptors (Lipinski definition) is 2. The number of benzene rings is 1. The van der Waals surface area contributed by atoms with Crippen LogP contribution in [0.25, 0.3) is 5.76 Å². The van der Waals surface area contributed by atoms with Crippen molar-refractivity contribution >= 4 is 5.76 Å². The first kappa shape index (κ1) is 7.92. The summed E-state index contributed by atoms with van der Waals surface area (Å²) < 4.78 is 11.5. The van der Waals surface area contributed by atoms with Gasteiger partial charge < -0.3 is 9.47 Å². The molecule has 72 valence electrons. The van der Waals surface area contributed by atoms with E-state index in [1.54, 1.807) is 0 Å². The quantitative estimate of drug-likeness (QED) is 0.623. The fourth-order valence-electron chi connectivity index (χ4n) is 1.91. The Morgan fingerprint density at radius 2 is 1.86 bits per heavy atom. The summed E-state index contributed by atoms with van der Waals surface area (Å²) in [6.07, 6.45) is 0. The third kappa shape index (κ3) is 0.763. The summed E-state index contributed by atoms with van der Waals surface area (Å²) >= 11 is 0. The lowest BCUT2D eigenvalue weighted by Crippen LogP contribution is -2.36. The molecule has 0 N–H and O–H groups in total. The van der Waals surface area contributed by atoms with Crippen LogP contribution in [0.1, 0.15) is 26.3 Å². The molecule has 0 amide bonds. The molecule has 0 aromatic heterocycles. The monoisotopic (exact) mass is 188 g/mol. The molecule has 0 saturated carbocycles. The molecule has 0 spiro atoms. The second-order valence-corrected chi connectivity index (χ2v) is 4.30. The van der Waals surface area contributed by atoms with Crippen LogP contribution in [-0.4, -0.2) is 5.60 Å². The number of rotatable bonds is 0. The molecule has 0 fully saturated rings. The van der Waals surface area contributed by atoms with Crippen LogP contribution >= 0.6 is 0 Å². The van der Waals surface area contributed by atoms with Gasteiger partial charge in [-0.1, -0.05) is 6.07 Å². The molecule has 0 aliphatic carbocycles. The standard InChI is InChI=1S/C12H12O2/c1-7-11-10-8(13-11)5-4-6-9(10)14-12(7,2)3/h4-6H,1-3H3. The van der Waals surface area contributed by atoms with Crippen molar-refractivity contribution in [2.45, 2.75) is 26.4 Å². The SMILES string of the molecule is CC1=C2Oc3cccc(c32)OC1(C)C. The summed E-state index contributed by atoms with van der Waals surface area (Å²) in [7, 11) is 0. The first-order valence-electron chi connectivity index (χ1n) is 4.81. The Morgan fingerprint density at radius 3 is 2.64 bits per heavy atom. The average molecular weight is 188 g/mol. The lowest BCUT2D eigenvalue weighted by atomic mass is 9.89. The van der Waals surface area contributed by atoms with E-state index in [9.17, 15) is 0 Å². The molecule has 0 bridgehead atoms. The van der Waals surface area contributed by atoms with E-state index in [1.165, 1.54) is 5.57 Å². The molecule has 0 unspecified atom stereocenters. The first-order chi connectivity index (χ1) is 6.59. The largest absolute Gasteiger partial charge is 0.482 e. The van der Waals surface area contributed by atoms with Crippen LogP contribution in [0.15, 0.2) is 23.8 Å². The predicted octanol–water partition coefficient (Wildman–Crippen LogP) is 2.98. The van der Waals surface area contributed by atoms with Gasteiger partial charge in [-0.15, -0.1) is 0 Å². The van der Waals surface area contributed by atoms with Gasteiger partial charge in [-0.3, -0.25) is 0 Å². The summed E-state index contributed by atoms with van der Waals surface area (Å²) in [5.41, 5.74) is 2.06. The van der Waals surface area contributed by atoms with Crippen molar-refractivity contribution in [3.8, 4) is 11.5 Å². The maximum atomic E-state index is 5.90. The smallest absolute Gasteiger partial charge is 0.145 e. The van der Waals surface area contributed by atoms with Gasteiger partial charge in [0, 0.05) is 5.57 Å². The van der Waals surface area contributed by atoms with Crippen LogP contribution in [-0.2, 0) is 0 Å². The summed E-state index contributed by atoms with van der Waals surface area (Å²) in [5.74, 6) is 2.89. The van der Waals surface area contributed by atoms with Crippen molar-refractivity contribution in [3.05, 3.63) is 29.3 Å². The third-order valence-electron chi connectivity index (χ3n) is 3.04. The second kappa shape index (κ2) is 2.14. The maximum absolute atomic E-state index is 5.90. The van der Waals surface area contributed by atoms with Gasteiger partial charge in [0.25, 0.3) is 0 Å². The zero-order chi connectivity index (χ0) is 9.92. The minimum absolute atomic E-state index is 0.249. The first-order valence-corrected chi connectivity index (χ1v) is 4.81. The summed E-state index contributed by atoms with van der Waals surface area (Å²) in [6.45, 7) is 6.19. The van der Waals surface area contributed by atoms with Crippen LogP contribution < -0.4 is 9.47 Å². The zero-order valence-electron chi connectivity index (χ0n) is 8.55. The highest BCUT2D eigenvalue weighted by Crippen LogP contribution is 2.51. The molecule has 0 atom stereocenters. The summed E-state index contributed by atoms with van der Waals surface area (Å²) in [6, 6.07) is 5.93. The normalized spacial score (nSPS) is 20.5. The van der Waals surface area contributed by atoms with E-state index in [2.05, 4.69) is 20.8 Å². The Labute approximate surface area is 83.1 Å². The van der Waals surface area contributed by atoms with E-state index >= 15 is 0 Å². The Balaban J connectivity index is 2.29. The molecule has 2 nitrogen and oxygen atoms in total. The van der Waals surface area contributed by atoms with Gasteiger partial charge in [0.2, 0.25) is 0 Å². The van der Waals surface area contributed by atoms with Crippen LogP contribution in [0.5, 0.6) is 11.5 Å². The Hall–Kier alpha value is -1.44. The van der Waals surface area contributed by atoms with Gasteiger partial charge >= 0.3 is 0 Å². The fourth-order valence-corrected chi connectivity index (χ4v) is 1.91. The van der Waals surface area contributed by atoms with Gasteiger partial charge in [-0.05, 0) is 32.9 Å². The lowest BCUT2D eigenvalue weighted by molar-refractivity contribution is 0.135. The number of hydrogen-bond donors (Lipinski definition) is 0. The van der Waals surface area contributed by atoms with E-state index in [0.29, 0.717) is 0 Å². The van der Waals surface area contributed by atoms with E-state index in [1.807, 2.05) is 18.2 Å². The van der Waals surface area contributed by atoms with E-state index in [0.717, 1.165) is 22.8 Å². The lowest BCUT2D eigenvalue weighted by Gasteiger charge is -2.39. The van der Waals surface area contributed by atoms with Crippen molar-refractivity contribution in [2.24, 2.45) is 0 Å². The van der Waals surface area contributed by atoms with Gasteiger partial charge in [0.1, 0.15) is 28.4 Å². The molecule has 0 saturated heterocycles. The highest BCUT2D eigenvalue weighted by molar-refractivity contribution is 5.84. The molecule has 0 radical (unpaired) electrons. The minimum atomic E-state index is -0.249. The minimum Gasteiger partial charge on any atom is -0.482 e. The van der Waals surface area contributed by atoms with Crippen molar-refractivity contribution in [2.75, 3.05) is 0 Å². The van der Waals surface area contributed by atoms with Gasteiger partial charge in [-0.25, -0.2) is 0 Å². The molecule has 1 aromatic carbocycles. The topological polar surface area (TPSA) is 18.5 Å². The molecule has 1 aromatic rings. The summed E-state index contributed by atoms with van der Waals surface area (Å²) in [5, 5.41) is 0. The highest BCUT2D eigenvalue weighted by atomic mass is 16.5. The molecule has 2 heteroatoms. The Bertz CT molecular complexity index is 455. The third-order valence-corrected chi connectivity index (χ3v) is 3.04. The molecule has 2 aliphatic heterocycles. The summed E-state index contributed by atoms with van der Waals surface area (Å²) in [4.78, 5) is 0. The van der Waals surface area contributed by atoms with Crippen LogP contribution in [0.2, 0.25) is 0 Å². The number of ether oxygens (including phenoxy) is 2. The molecule has 2 aliphatic rings. The van der Waals surface area contributed by atoms with Crippen molar-refractivity contribution < 1.29 is 9.47 Å². The zero-order valence-corrected chi connectivity index (χ0v) is 8.55. The second-order valence-electron chi connectivity index (χ2n) is 4.30. The highest BCUT2D eigenvalue weighted by Gasteiger charge is 2.40. The fraction of sp³-hybridized carbons (Fsp3) is 0.333. The Morgan fingerprint density at radius 1 is 1.14 bits per heavy atom. The van der Waals surface area contributed by atoms with Crippen molar-refractivity contribution in [1.82, 2.24) is 0 Å². The predicted molar refractivity (Wildman–Crippen MR) is 54.4 cm³/mol. The van der Waals surface area contributed by atoms with E-state index in [-0.39, 0.29) is 5.60 Å². The van der Waals surface area contributed by atoms with Gasteiger partial charge in [-0.2, -0.15) is 0 Å². The van der Waals surface area contributed by atoms with Gasteiger partial charge in [0.15, 0.2) is 0 Å². The average Bonchev–Trinajstić information content (AvgIpc) is 2.05. The molecular weight excluding hydrogens is 176 g/mol. The van der Waals surface area contributed by atoms with Gasteiger partial charge in [0.05, 0.1) is 0 Å². The Kier molecular flexibility index (Phi) is 1.21. The molecule has 3 rings (SSSR count). The van der Waals surface area contributed by atoms with Crippen molar-refractivity contribution in [3.63, 3.8) is 0 Å². The van der Waals surface area contributed by atoms with Crippen LogP contribution in [0.4, 0.5) is 0 Å². The maximum Gasteiger partial charge on any atom is 0.145 e. The molecular formula is C12H12O2.